The molecule has 0 amide bonds. The summed E-state index contributed by atoms with van der Waals surface area (Å²) < 4.78 is 15.7. The van der Waals surface area contributed by atoms with Gasteiger partial charge in [-0.15, -0.1) is 0 Å². The number of nitrogens with zero attached hydrogens (tertiary/aromatic N) is 1. The maximum Gasteiger partial charge on any atom is 0.337 e. The Morgan fingerprint density at radius 2 is 1.92 bits per heavy atom. The van der Waals surface area contributed by atoms with Crippen LogP contribution in [0.3, 0.4) is 0 Å². The first kappa shape index (κ1) is 17.9. The summed E-state index contributed by atoms with van der Waals surface area (Å²) in [5.74, 6) is 0.707. The third kappa shape index (κ3) is 4.19. The molecular weight excluding hydrogens is 326 g/mol. The standard InChI is InChI=1S/C18H23NO6/c1-23-18(22)13-2-4-14(5-3-13)25-15-10-16(20)19(17(15)21)11-12-6-8-24-9-7-12/h2-5,10,12,16-17,20-21H,6-9,11H2,1H3. The van der Waals surface area contributed by atoms with Gasteiger partial charge in [-0.1, -0.05) is 0 Å². The zero-order valence-electron chi connectivity index (χ0n) is 14.1. The smallest absolute Gasteiger partial charge is 0.337 e. The Morgan fingerprint density at radius 1 is 1.24 bits per heavy atom. The number of aliphatic hydroxyl groups excluding tert-OH is 2. The molecule has 2 aliphatic rings. The highest BCUT2D eigenvalue weighted by Gasteiger charge is 2.35. The topological polar surface area (TPSA) is 88.5 Å². The molecule has 1 saturated heterocycles. The van der Waals surface area contributed by atoms with E-state index in [9.17, 15) is 15.0 Å². The highest BCUT2D eigenvalue weighted by atomic mass is 16.5. The van der Waals surface area contributed by atoms with E-state index in [1.165, 1.54) is 13.2 Å². The Hall–Kier alpha value is -1.93. The molecule has 0 radical (unpaired) electrons. The SMILES string of the molecule is COC(=O)c1ccc(OC2=CC(O)N(CC3CCOCC3)C2O)cc1. The van der Waals surface area contributed by atoms with Crippen molar-refractivity contribution in [2.45, 2.75) is 25.3 Å². The summed E-state index contributed by atoms with van der Waals surface area (Å²) in [6.45, 7) is 2.01. The molecule has 0 spiro atoms. The Bertz CT molecular complexity index is 623. The molecule has 25 heavy (non-hydrogen) atoms. The van der Waals surface area contributed by atoms with E-state index in [0.717, 1.165) is 12.8 Å². The first-order chi connectivity index (χ1) is 12.1. The quantitative estimate of drug-likeness (QED) is 0.770. The van der Waals surface area contributed by atoms with Gasteiger partial charge in [-0.2, -0.15) is 0 Å². The average molecular weight is 349 g/mol. The number of rotatable bonds is 5. The second-order valence-corrected chi connectivity index (χ2v) is 6.23. The first-order valence-electron chi connectivity index (χ1n) is 8.36. The van der Waals surface area contributed by atoms with Crippen LogP contribution < -0.4 is 4.74 Å². The van der Waals surface area contributed by atoms with Crippen molar-refractivity contribution in [2.75, 3.05) is 26.9 Å². The Balaban J connectivity index is 1.61. The van der Waals surface area contributed by atoms with Gasteiger partial charge in [0.2, 0.25) is 0 Å². The predicted molar refractivity (Wildman–Crippen MR) is 88.8 cm³/mol. The minimum Gasteiger partial charge on any atom is -0.465 e. The van der Waals surface area contributed by atoms with E-state index in [2.05, 4.69) is 4.74 Å². The van der Waals surface area contributed by atoms with E-state index in [1.54, 1.807) is 29.2 Å². The fourth-order valence-electron chi connectivity index (χ4n) is 3.07. The molecular formula is C18H23NO6. The lowest BCUT2D eigenvalue weighted by Crippen LogP contribution is -2.42. The van der Waals surface area contributed by atoms with E-state index in [-0.39, 0.29) is 5.76 Å². The lowest BCUT2D eigenvalue weighted by Gasteiger charge is -2.31. The summed E-state index contributed by atoms with van der Waals surface area (Å²) in [7, 11) is 1.32. The van der Waals surface area contributed by atoms with E-state index >= 15 is 0 Å². The van der Waals surface area contributed by atoms with Gasteiger partial charge in [0, 0.05) is 25.8 Å². The number of carbonyl (C=O) groups is 1. The van der Waals surface area contributed by atoms with Crippen LogP contribution in [-0.4, -0.2) is 60.4 Å². The number of methoxy groups -OCH3 is 1. The van der Waals surface area contributed by atoms with Crippen molar-refractivity contribution >= 4 is 5.97 Å². The lowest BCUT2D eigenvalue weighted by atomic mass is 10.00. The summed E-state index contributed by atoms with van der Waals surface area (Å²) in [6.07, 6.45) is 1.45. The van der Waals surface area contributed by atoms with E-state index in [1.807, 2.05) is 0 Å². The van der Waals surface area contributed by atoms with Crippen LogP contribution in [0.5, 0.6) is 5.75 Å². The molecule has 2 atom stereocenters. The number of hydrogen-bond acceptors (Lipinski definition) is 7. The van der Waals surface area contributed by atoms with Crippen LogP contribution in [-0.2, 0) is 9.47 Å². The monoisotopic (exact) mass is 349 g/mol. The van der Waals surface area contributed by atoms with Gasteiger partial charge in [-0.25, -0.2) is 9.69 Å². The van der Waals surface area contributed by atoms with Crippen LogP contribution in [0.25, 0.3) is 0 Å². The molecule has 136 valence electrons. The Labute approximate surface area is 146 Å². The van der Waals surface area contributed by atoms with Gasteiger partial charge in [0.25, 0.3) is 0 Å². The third-order valence-corrected chi connectivity index (χ3v) is 4.54. The van der Waals surface area contributed by atoms with E-state index in [0.29, 0.717) is 37.0 Å². The molecule has 0 bridgehead atoms. The molecule has 0 aliphatic carbocycles. The minimum atomic E-state index is -1.00. The molecule has 2 heterocycles. The summed E-state index contributed by atoms with van der Waals surface area (Å²) in [5, 5.41) is 20.7. The van der Waals surface area contributed by atoms with Crippen molar-refractivity contribution in [1.82, 2.24) is 4.90 Å². The van der Waals surface area contributed by atoms with Crippen LogP contribution in [0.15, 0.2) is 36.1 Å². The summed E-state index contributed by atoms with van der Waals surface area (Å²) in [4.78, 5) is 13.0. The molecule has 1 aromatic carbocycles. The molecule has 2 aliphatic heterocycles. The molecule has 0 saturated carbocycles. The van der Waals surface area contributed by atoms with E-state index in [4.69, 9.17) is 9.47 Å². The Kier molecular flexibility index (Phi) is 5.70. The van der Waals surface area contributed by atoms with Crippen molar-refractivity contribution < 1.29 is 29.2 Å². The summed E-state index contributed by atoms with van der Waals surface area (Å²) >= 11 is 0. The van der Waals surface area contributed by atoms with Gasteiger partial charge in [0.1, 0.15) is 17.7 Å². The van der Waals surface area contributed by atoms with Gasteiger partial charge in [-0.05, 0) is 43.0 Å². The second kappa shape index (κ2) is 7.97. The largest absolute Gasteiger partial charge is 0.465 e. The van der Waals surface area contributed by atoms with Crippen LogP contribution in [0, 0.1) is 5.92 Å². The summed E-state index contributed by atoms with van der Waals surface area (Å²) in [6, 6.07) is 6.40. The molecule has 0 aromatic heterocycles. The number of hydrogen-bond donors (Lipinski definition) is 2. The molecule has 7 heteroatoms. The van der Waals surface area contributed by atoms with Crippen LogP contribution >= 0.6 is 0 Å². The first-order valence-corrected chi connectivity index (χ1v) is 8.36. The minimum absolute atomic E-state index is 0.283. The predicted octanol–water partition coefficient (Wildman–Crippen LogP) is 1.11. The van der Waals surface area contributed by atoms with Crippen LogP contribution in [0.1, 0.15) is 23.2 Å². The van der Waals surface area contributed by atoms with Crippen LogP contribution in [0.2, 0.25) is 0 Å². The van der Waals surface area contributed by atoms with Crippen molar-refractivity contribution in [3.05, 3.63) is 41.7 Å². The second-order valence-electron chi connectivity index (χ2n) is 6.23. The molecule has 2 N–H and O–H groups in total. The van der Waals surface area contributed by atoms with Gasteiger partial charge in [0.05, 0.1) is 12.7 Å². The highest BCUT2D eigenvalue weighted by molar-refractivity contribution is 5.89. The number of ether oxygens (including phenoxy) is 3. The van der Waals surface area contributed by atoms with Crippen LogP contribution in [0.4, 0.5) is 0 Å². The molecule has 1 aromatic rings. The number of benzene rings is 1. The summed E-state index contributed by atoms with van der Waals surface area (Å²) in [5.41, 5.74) is 0.414. The molecule has 1 fully saturated rings. The van der Waals surface area contributed by atoms with Gasteiger partial charge in [0.15, 0.2) is 6.23 Å². The van der Waals surface area contributed by atoms with Crippen molar-refractivity contribution in [2.24, 2.45) is 5.92 Å². The van der Waals surface area contributed by atoms with Gasteiger partial charge < -0.3 is 24.4 Å². The fourth-order valence-corrected chi connectivity index (χ4v) is 3.07. The average Bonchev–Trinajstić information content (AvgIpc) is 2.90. The van der Waals surface area contributed by atoms with Crippen molar-refractivity contribution in [3.8, 4) is 5.75 Å². The Morgan fingerprint density at radius 3 is 2.56 bits per heavy atom. The fraction of sp³-hybridized carbons (Fsp3) is 0.500. The zero-order chi connectivity index (χ0) is 17.8. The number of esters is 1. The molecule has 3 rings (SSSR count). The lowest BCUT2D eigenvalue weighted by molar-refractivity contribution is -0.0691. The third-order valence-electron chi connectivity index (χ3n) is 4.54. The van der Waals surface area contributed by atoms with Crippen molar-refractivity contribution in [1.29, 1.82) is 0 Å². The molecule has 2 unspecified atom stereocenters. The van der Waals surface area contributed by atoms with Gasteiger partial charge >= 0.3 is 5.97 Å². The zero-order valence-corrected chi connectivity index (χ0v) is 14.1. The maximum absolute atomic E-state index is 11.4. The number of carbonyl (C=O) groups excluding carboxylic acids is 1. The normalized spacial score (nSPS) is 24.8. The van der Waals surface area contributed by atoms with Gasteiger partial charge in [-0.3, -0.25) is 0 Å². The van der Waals surface area contributed by atoms with Crippen molar-refractivity contribution in [3.63, 3.8) is 0 Å². The highest BCUT2D eigenvalue weighted by Crippen LogP contribution is 2.27. The maximum atomic E-state index is 11.4. The van der Waals surface area contributed by atoms with E-state index < -0.39 is 18.4 Å². The molecule has 7 nitrogen and oxygen atoms in total. The number of aliphatic hydroxyl groups is 2.